The summed E-state index contributed by atoms with van der Waals surface area (Å²) in [5, 5.41) is 0. The molecule has 1 nitrogen and oxygen atoms in total. The van der Waals surface area contributed by atoms with E-state index in [0.29, 0.717) is 0 Å². The molecule has 0 aromatic rings. The van der Waals surface area contributed by atoms with Crippen LogP contribution in [-0.4, -0.2) is 30.8 Å². The van der Waals surface area contributed by atoms with Gasteiger partial charge in [0, 0.05) is 6.04 Å². The molecule has 0 rings (SSSR count). The second-order valence-corrected chi connectivity index (χ2v) is 3.37. The fourth-order valence-electron chi connectivity index (χ4n) is 1.14. The highest BCUT2D eigenvalue weighted by atomic mass is 32.1. The van der Waals surface area contributed by atoms with Crippen LogP contribution in [-0.2, 0) is 0 Å². The van der Waals surface area contributed by atoms with Crippen LogP contribution in [0.3, 0.4) is 0 Å². The van der Waals surface area contributed by atoms with Crippen molar-refractivity contribution in [2.75, 3.05) is 19.8 Å². The summed E-state index contributed by atoms with van der Waals surface area (Å²) >= 11 is 4.22. The molecule has 0 N–H and O–H groups in total. The van der Waals surface area contributed by atoms with Crippen molar-refractivity contribution in [3.8, 4) is 0 Å². The standard InChI is InChI=1S/C8H19NS/c1-4-5-8(6-7-10)9(2)3/h8,10H,4-7H2,1-3H3. The normalized spacial score (nSPS) is 14.1. The predicted molar refractivity (Wildman–Crippen MR) is 50.9 cm³/mol. The van der Waals surface area contributed by atoms with Crippen LogP contribution in [0.25, 0.3) is 0 Å². The third-order valence-electron chi connectivity index (χ3n) is 1.81. The lowest BCUT2D eigenvalue weighted by Gasteiger charge is -2.22. The lowest BCUT2D eigenvalue weighted by Crippen LogP contribution is -2.27. The van der Waals surface area contributed by atoms with E-state index in [4.69, 9.17) is 0 Å². The van der Waals surface area contributed by atoms with Gasteiger partial charge in [0.05, 0.1) is 0 Å². The van der Waals surface area contributed by atoms with Crippen LogP contribution in [0.15, 0.2) is 0 Å². The van der Waals surface area contributed by atoms with Crippen LogP contribution in [0.1, 0.15) is 26.2 Å². The molecule has 0 aliphatic rings. The zero-order chi connectivity index (χ0) is 7.98. The van der Waals surface area contributed by atoms with E-state index in [1.54, 1.807) is 0 Å². The molecule has 1 unspecified atom stereocenters. The van der Waals surface area contributed by atoms with Gasteiger partial charge in [0.15, 0.2) is 0 Å². The summed E-state index contributed by atoms with van der Waals surface area (Å²) in [6.07, 6.45) is 3.79. The van der Waals surface area contributed by atoms with Crippen molar-refractivity contribution in [2.45, 2.75) is 32.2 Å². The van der Waals surface area contributed by atoms with E-state index in [2.05, 4.69) is 38.5 Å². The molecular formula is C8H19NS. The van der Waals surface area contributed by atoms with Gasteiger partial charge in [-0.25, -0.2) is 0 Å². The van der Waals surface area contributed by atoms with Gasteiger partial charge in [0.2, 0.25) is 0 Å². The van der Waals surface area contributed by atoms with Crippen molar-refractivity contribution in [3.05, 3.63) is 0 Å². The van der Waals surface area contributed by atoms with E-state index in [1.807, 2.05) is 0 Å². The Kier molecular flexibility index (Phi) is 6.24. The summed E-state index contributed by atoms with van der Waals surface area (Å²) in [4.78, 5) is 2.29. The molecule has 2 heteroatoms. The third-order valence-corrected chi connectivity index (χ3v) is 2.07. The Balaban J connectivity index is 3.50. The number of hydrogen-bond donors (Lipinski definition) is 1. The SMILES string of the molecule is CCCC(CCS)N(C)C. The van der Waals surface area contributed by atoms with Crippen LogP contribution in [0, 0.1) is 0 Å². The van der Waals surface area contributed by atoms with Gasteiger partial charge in [0.1, 0.15) is 0 Å². The molecule has 0 bridgehead atoms. The molecule has 0 aromatic carbocycles. The largest absolute Gasteiger partial charge is 0.306 e. The average molecular weight is 161 g/mol. The topological polar surface area (TPSA) is 3.24 Å². The van der Waals surface area contributed by atoms with E-state index in [1.165, 1.54) is 19.3 Å². The molecule has 0 heterocycles. The Labute approximate surface area is 70.2 Å². The first-order chi connectivity index (χ1) is 4.72. The zero-order valence-corrected chi connectivity index (χ0v) is 8.19. The van der Waals surface area contributed by atoms with Crippen molar-refractivity contribution < 1.29 is 0 Å². The van der Waals surface area contributed by atoms with Crippen molar-refractivity contribution >= 4 is 12.6 Å². The van der Waals surface area contributed by atoms with E-state index >= 15 is 0 Å². The summed E-state index contributed by atoms with van der Waals surface area (Å²) in [6.45, 7) is 2.23. The quantitative estimate of drug-likeness (QED) is 0.604. The first-order valence-corrected chi connectivity index (χ1v) is 4.62. The molecule has 0 aliphatic heterocycles. The van der Waals surface area contributed by atoms with Crippen LogP contribution in [0.2, 0.25) is 0 Å². The first-order valence-electron chi connectivity index (χ1n) is 3.99. The van der Waals surface area contributed by atoms with Gasteiger partial charge in [-0.05, 0) is 32.7 Å². The molecule has 0 aliphatic carbocycles. The monoisotopic (exact) mass is 161 g/mol. The number of rotatable bonds is 5. The molecule has 0 radical (unpaired) electrons. The van der Waals surface area contributed by atoms with E-state index < -0.39 is 0 Å². The van der Waals surface area contributed by atoms with Crippen LogP contribution < -0.4 is 0 Å². The molecule has 10 heavy (non-hydrogen) atoms. The van der Waals surface area contributed by atoms with Crippen LogP contribution in [0.4, 0.5) is 0 Å². The minimum Gasteiger partial charge on any atom is -0.306 e. The number of hydrogen-bond acceptors (Lipinski definition) is 2. The van der Waals surface area contributed by atoms with Crippen molar-refractivity contribution in [1.29, 1.82) is 0 Å². The minimum absolute atomic E-state index is 0.738. The Morgan fingerprint density at radius 1 is 1.30 bits per heavy atom. The smallest absolute Gasteiger partial charge is 0.00968 e. The Hall–Kier alpha value is 0.310. The minimum atomic E-state index is 0.738. The van der Waals surface area contributed by atoms with Gasteiger partial charge in [-0.3, -0.25) is 0 Å². The maximum absolute atomic E-state index is 4.22. The van der Waals surface area contributed by atoms with E-state index in [9.17, 15) is 0 Å². The fraction of sp³-hybridized carbons (Fsp3) is 1.00. The summed E-state index contributed by atoms with van der Waals surface area (Å²) in [6, 6.07) is 0.738. The number of thiol groups is 1. The van der Waals surface area contributed by atoms with E-state index in [-0.39, 0.29) is 0 Å². The first kappa shape index (κ1) is 10.3. The summed E-state index contributed by atoms with van der Waals surface area (Å²) in [5.41, 5.74) is 0. The van der Waals surface area contributed by atoms with Gasteiger partial charge in [-0.1, -0.05) is 13.3 Å². The molecular weight excluding hydrogens is 142 g/mol. The maximum Gasteiger partial charge on any atom is 0.00968 e. The summed E-state index contributed by atoms with van der Waals surface area (Å²) < 4.78 is 0. The summed E-state index contributed by atoms with van der Waals surface area (Å²) in [5.74, 6) is 1.00. The third kappa shape index (κ3) is 4.18. The molecule has 0 saturated carbocycles. The number of nitrogens with zero attached hydrogens (tertiary/aromatic N) is 1. The Bertz CT molecular complexity index is 67.7. The highest BCUT2D eigenvalue weighted by Crippen LogP contribution is 2.07. The average Bonchev–Trinajstić information content (AvgIpc) is 1.87. The fourth-order valence-corrected chi connectivity index (χ4v) is 1.44. The van der Waals surface area contributed by atoms with Crippen LogP contribution in [0.5, 0.6) is 0 Å². The highest BCUT2D eigenvalue weighted by molar-refractivity contribution is 7.80. The second-order valence-electron chi connectivity index (χ2n) is 2.92. The molecule has 0 amide bonds. The maximum atomic E-state index is 4.22. The highest BCUT2D eigenvalue weighted by Gasteiger charge is 2.07. The Morgan fingerprint density at radius 2 is 1.90 bits per heavy atom. The lowest BCUT2D eigenvalue weighted by molar-refractivity contribution is 0.271. The van der Waals surface area contributed by atoms with E-state index in [0.717, 1.165) is 11.8 Å². The van der Waals surface area contributed by atoms with Gasteiger partial charge in [-0.2, -0.15) is 12.6 Å². The van der Waals surface area contributed by atoms with Gasteiger partial charge in [-0.15, -0.1) is 0 Å². The van der Waals surface area contributed by atoms with Gasteiger partial charge in [0.25, 0.3) is 0 Å². The van der Waals surface area contributed by atoms with Gasteiger partial charge < -0.3 is 4.90 Å². The molecule has 0 saturated heterocycles. The summed E-state index contributed by atoms with van der Waals surface area (Å²) in [7, 11) is 4.29. The van der Waals surface area contributed by atoms with Crippen molar-refractivity contribution in [1.82, 2.24) is 4.90 Å². The van der Waals surface area contributed by atoms with Crippen molar-refractivity contribution in [3.63, 3.8) is 0 Å². The molecule has 0 spiro atoms. The molecule has 1 atom stereocenters. The van der Waals surface area contributed by atoms with Gasteiger partial charge >= 0.3 is 0 Å². The second kappa shape index (κ2) is 6.05. The lowest BCUT2D eigenvalue weighted by atomic mass is 10.1. The zero-order valence-electron chi connectivity index (χ0n) is 7.30. The van der Waals surface area contributed by atoms with Crippen LogP contribution >= 0.6 is 12.6 Å². The Morgan fingerprint density at radius 3 is 2.20 bits per heavy atom. The van der Waals surface area contributed by atoms with Crippen molar-refractivity contribution in [2.24, 2.45) is 0 Å². The molecule has 0 fully saturated rings. The predicted octanol–water partition coefficient (Wildman–Crippen LogP) is 2.04. The molecule has 62 valence electrons. The molecule has 0 aromatic heterocycles.